The van der Waals surface area contributed by atoms with E-state index < -0.39 is 6.10 Å². The third-order valence-corrected chi connectivity index (χ3v) is 1.90. The van der Waals surface area contributed by atoms with Crippen LogP contribution in [0, 0.1) is 0 Å². The molecule has 0 amide bonds. The number of carbonyl (C=O) groups excluding carboxylic acids is 1. The van der Waals surface area contributed by atoms with Crippen LogP contribution >= 0.6 is 0 Å². The highest BCUT2D eigenvalue weighted by Gasteiger charge is 2.23. The standard InChI is InChI=1S/C9H16O4/c1-3-12-9(10)7(2)13-8-4-5-11-6-8/h7-8H,3-6H2,1-2H3/t7?,8-/m0/s1. The smallest absolute Gasteiger partial charge is 0.334 e. The predicted molar refractivity (Wildman–Crippen MR) is 46.4 cm³/mol. The third-order valence-electron chi connectivity index (χ3n) is 1.90. The summed E-state index contributed by atoms with van der Waals surface area (Å²) < 4.78 is 15.4. The van der Waals surface area contributed by atoms with Gasteiger partial charge in [-0.15, -0.1) is 0 Å². The molecule has 1 aliphatic heterocycles. The van der Waals surface area contributed by atoms with Gasteiger partial charge in [0.05, 0.1) is 19.3 Å². The Hall–Kier alpha value is -0.610. The van der Waals surface area contributed by atoms with Gasteiger partial charge in [-0.1, -0.05) is 0 Å². The molecule has 1 fully saturated rings. The number of carbonyl (C=O) groups is 1. The summed E-state index contributed by atoms with van der Waals surface area (Å²) in [7, 11) is 0. The quantitative estimate of drug-likeness (QED) is 0.610. The fourth-order valence-corrected chi connectivity index (χ4v) is 1.22. The molecule has 1 saturated heterocycles. The van der Waals surface area contributed by atoms with E-state index in [4.69, 9.17) is 14.2 Å². The second kappa shape index (κ2) is 5.19. The first kappa shape index (κ1) is 10.5. The Morgan fingerprint density at radius 1 is 1.69 bits per heavy atom. The van der Waals surface area contributed by atoms with E-state index in [9.17, 15) is 4.79 Å². The van der Waals surface area contributed by atoms with Crippen LogP contribution in [0.25, 0.3) is 0 Å². The first-order valence-electron chi connectivity index (χ1n) is 4.64. The summed E-state index contributed by atoms with van der Waals surface area (Å²) in [6.45, 7) is 5.19. The van der Waals surface area contributed by atoms with E-state index in [0.717, 1.165) is 13.0 Å². The topological polar surface area (TPSA) is 44.8 Å². The van der Waals surface area contributed by atoms with Crippen molar-refractivity contribution >= 4 is 5.97 Å². The lowest BCUT2D eigenvalue weighted by Crippen LogP contribution is -2.28. The highest BCUT2D eigenvalue weighted by atomic mass is 16.6. The van der Waals surface area contributed by atoms with Gasteiger partial charge >= 0.3 is 5.97 Å². The lowest BCUT2D eigenvalue weighted by atomic mass is 10.3. The fraction of sp³-hybridized carbons (Fsp3) is 0.889. The van der Waals surface area contributed by atoms with E-state index in [-0.39, 0.29) is 12.1 Å². The van der Waals surface area contributed by atoms with E-state index in [1.54, 1.807) is 13.8 Å². The van der Waals surface area contributed by atoms with Crippen LogP contribution in [0.3, 0.4) is 0 Å². The van der Waals surface area contributed by atoms with Crippen LogP contribution in [0.2, 0.25) is 0 Å². The van der Waals surface area contributed by atoms with Crippen molar-refractivity contribution in [3.63, 3.8) is 0 Å². The molecule has 1 heterocycles. The van der Waals surface area contributed by atoms with Crippen molar-refractivity contribution in [2.45, 2.75) is 32.5 Å². The molecule has 13 heavy (non-hydrogen) atoms. The minimum Gasteiger partial charge on any atom is -0.464 e. The monoisotopic (exact) mass is 188 g/mol. The van der Waals surface area contributed by atoms with Gasteiger partial charge in [-0.25, -0.2) is 4.79 Å². The Kier molecular flexibility index (Phi) is 4.18. The SMILES string of the molecule is CCOC(=O)C(C)O[C@H]1CCOC1. The Morgan fingerprint density at radius 3 is 3.00 bits per heavy atom. The maximum Gasteiger partial charge on any atom is 0.334 e. The average Bonchev–Trinajstić information content (AvgIpc) is 2.57. The molecule has 76 valence electrons. The zero-order valence-corrected chi connectivity index (χ0v) is 8.12. The van der Waals surface area contributed by atoms with Crippen molar-refractivity contribution < 1.29 is 19.0 Å². The average molecular weight is 188 g/mol. The largest absolute Gasteiger partial charge is 0.464 e. The summed E-state index contributed by atoms with van der Waals surface area (Å²) in [4.78, 5) is 11.1. The van der Waals surface area contributed by atoms with E-state index in [1.807, 2.05) is 0 Å². The molecule has 0 spiro atoms. The minimum absolute atomic E-state index is 0.0550. The minimum atomic E-state index is -0.480. The number of esters is 1. The Bertz CT molecular complexity index is 163. The Morgan fingerprint density at radius 2 is 2.46 bits per heavy atom. The lowest BCUT2D eigenvalue weighted by molar-refractivity contribution is -0.159. The van der Waals surface area contributed by atoms with Gasteiger partial charge in [0, 0.05) is 6.61 Å². The Labute approximate surface area is 78.2 Å². The number of hydrogen-bond donors (Lipinski definition) is 0. The van der Waals surface area contributed by atoms with Gasteiger partial charge in [-0.3, -0.25) is 0 Å². The second-order valence-electron chi connectivity index (χ2n) is 3.02. The van der Waals surface area contributed by atoms with Crippen molar-refractivity contribution in [3.05, 3.63) is 0 Å². The fourth-order valence-electron chi connectivity index (χ4n) is 1.22. The third kappa shape index (κ3) is 3.32. The van der Waals surface area contributed by atoms with Crippen LogP contribution in [0.5, 0.6) is 0 Å². The molecule has 4 nitrogen and oxygen atoms in total. The van der Waals surface area contributed by atoms with E-state index in [1.165, 1.54) is 0 Å². The van der Waals surface area contributed by atoms with Gasteiger partial charge in [0.15, 0.2) is 6.10 Å². The van der Waals surface area contributed by atoms with Crippen molar-refractivity contribution in [1.29, 1.82) is 0 Å². The highest BCUT2D eigenvalue weighted by molar-refractivity contribution is 5.74. The Balaban J connectivity index is 2.22. The van der Waals surface area contributed by atoms with E-state index in [0.29, 0.717) is 13.2 Å². The van der Waals surface area contributed by atoms with E-state index >= 15 is 0 Å². The molecule has 0 radical (unpaired) electrons. The zero-order chi connectivity index (χ0) is 9.68. The summed E-state index contributed by atoms with van der Waals surface area (Å²) >= 11 is 0. The van der Waals surface area contributed by atoms with Gasteiger partial charge < -0.3 is 14.2 Å². The van der Waals surface area contributed by atoms with Crippen LogP contribution in [0.1, 0.15) is 20.3 Å². The van der Waals surface area contributed by atoms with Crippen molar-refractivity contribution in [1.82, 2.24) is 0 Å². The number of hydrogen-bond acceptors (Lipinski definition) is 4. The molecule has 0 saturated carbocycles. The molecule has 1 unspecified atom stereocenters. The molecule has 0 aromatic rings. The summed E-state index contributed by atoms with van der Waals surface area (Å²) in [5.74, 6) is -0.297. The predicted octanol–water partition coefficient (Wildman–Crippen LogP) is 0.744. The molecule has 4 heteroatoms. The van der Waals surface area contributed by atoms with Gasteiger partial charge in [0.25, 0.3) is 0 Å². The zero-order valence-electron chi connectivity index (χ0n) is 8.12. The molecule has 0 N–H and O–H groups in total. The normalized spacial score (nSPS) is 24.3. The molecular weight excluding hydrogens is 172 g/mol. The van der Waals surface area contributed by atoms with Gasteiger partial charge in [-0.05, 0) is 20.3 Å². The number of ether oxygens (including phenoxy) is 3. The molecule has 0 aromatic heterocycles. The molecule has 1 rings (SSSR count). The van der Waals surface area contributed by atoms with Crippen LogP contribution in [-0.2, 0) is 19.0 Å². The second-order valence-corrected chi connectivity index (χ2v) is 3.02. The number of rotatable bonds is 4. The summed E-state index contributed by atoms with van der Waals surface area (Å²) in [6.07, 6.45) is 0.440. The summed E-state index contributed by atoms with van der Waals surface area (Å²) in [5, 5.41) is 0. The maximum absolute atomic E-state index is 11.1. The molecule has 0 bridgehead atoms. The molecule has 0 aromatic carbocycles. The molecular formula is C9H16O4. The van der Waals surface area contributed by atoms with Crippen LogP contribution in [0.15, 0.2) is 0 Å². The van der Waals surface area contributed by atoms with E-state index in [2.05, 4.69) is 0 Å². The molecule has 1 aliphatic rings. The van der Waals surface area contributed by atoms with Crippen LogP contribution in [-0.4, -0.2) is 38.0 Å². The van der Waals surface area contributed by atoms with Crippen molar-refractivity contribution in [2.24, 2.45) is 0 Å². The summed E-state index contributed by atoms with van der Waals surface area (Å²) in [6, 6.07) is 0. The first-order valence-corrected chi connectivity index (χ1v) is 4.64. The van der Waals surface area contributed by atoms with Gasteiger partial charge in [-0.2, -0.15) is 0 Å². The molecule has 2 atom stereocenters. The van der Waals surface area contributed by atoms with Crippen molar-refractivity contribution in [3.8, 4) is 0 Å². The van der Waals surface area contributed by atoms with Crippen LogP contribution < -0.4 is 0 Å². The van der Waals surface area contributed by atoms with Crippen LogP contribution in [0.4, 0.5) is 0 Å². The highest BCUT2D eigenvalue weighted by Crippen LogP contribution is 2.11. The summed E-state index contributed by atoms with van der Waals surface area (Å²) in [5.41, 5.74) is 0. The first-order chi connectivity index (χ1) is 6.24. The van der Waals surface area contributed by atoms with Gasteiger partial charge in [0.1, 0.15) is 0 Å². The lowest BCUT2D eigenvalue weighted by Gasteiger charge is -2.15. The molecule has 0 aliphatic carbocycles. The maximum atomic E-state index is 11.1. The van der Waals surface area contributed by atoms with Crippen molar-refractivity contribution in [2.75, 3.05) is 19.8 Å². The van der Waals surface area contributed by atoms with Gasteiger partial charge in [0.2, 0.25) is 0 Å².